The average molecular weight is 291 g/mol. The first-order valence-electron chi connectivity index (χ1n) is 7.52. The molecule has 0 amide bonds. The van der Waals surface area contributed by atoms with Crippen LogP contribution in [0.25, 0.3) is 0 Å². The second kappa shape index (κ2) is 7.83. The zero-order chi connectivity index (χ0) is 15.1. The monoisotopic (exact) mass is 291 g/mol. The summed E-state index contributed by atoms with van der Waals surface area (Å²) in [7, 11) is 2.02. The van der Waals surface area contributed by atoms with Gasteiger partial charge in [0.15, 0.2) is 0 Å². The number of rotatable bonds is 9. The van der Waals surface area contributed by atoms with Crippen molar-refractivity contribution in [3.05, 3.63) is 30.1 Å². The molecule has 0 fully saturated rings. The van der Waals surface area contributed by atoms with Crippen molar-refractivity contribution in [2.75, 3.05) is 25.1 Å². The number of aryl methyl sites for hydroxylation is 3. The van der Waals surface area contributed by atoms with Crippen molar-refractivity contribution in [3.8, 4) is 0 Å². The van der Waals surface area contributed by atoms with Gasteiger partial charge in [-0.15, -0.1) is 0 Å². The Labute approximate surface area is 126 Å². The van der Waals surface area contributed by atoms with Crippen molar-refractivity contribution < 1.29 is 4.74 Å². The van der Waals surface area contributed by atoms with Crippen molar-refractivity contribution in [2.45, 2.75) is 33.2 Å². The molecule has 6 nitrogen and oxygen atoms in total. The minimum atomic E-state index is 0.776. The van der Waals surface area contributed by atoms with Gasteiger partial charge in [-0.2, -0.15) is 0 Å². The second-order valence-electron chi connectivity index (χ2n) is 5.08. The Bertz CT molecular complexity index is 546. The summed E-state index contributed by atoms with van der Waals surface area (Å²) in [5.41, 5.74) is 1.03. The molecule has 2 heterocycles. The summed E-state index contributed by atoms with van der Waals surface area (Å²) in [5.74, 6) is 2.01. The minimum Gasteiger partial charge on any atom is -0.382 e. The van der Waals surface area contributed by atoms with Crippen molar-refractivity contribution in [2.24, 2.45) is 7.05 Å². The Morgan fingerprint density at radius 1 is 1.38 bits per heavy atom. The molecule has 0 saturated heterocycles. The lowest BCUT2D eigenvalue weighted by molar-refractivity contribution is 0.142. The Balaban J connectivity index is 1.83. The van der Waals surface area contributed by atoms with Crippen molar-refractivity contribution >= 4 is 5.95 Å². The number of hydrogen-bond donors (Lipinski definition) is 1. The Morgan fingerprint density at radius 2 is 2.24 bits per heavy atom. The number of hydrogen-bond acceptors (Lipinski definition) is 4. The minimum absolute atomic E-state index is 0.776. The van der Waals surface area contributed by atoms with Gasteiger partial charge in [-0.3, -0.25) is 0 Å². The van der Waals surface area contributed by atoms with Crippen LogP contribution in [0.1, 0.15) is 24.9 Å². The van der Waals surface area contributed by atoms with E-state index in [9.17, 15) is 0 Å². The molecule has 1 N–H and O–H groups in total. The van der Waals surface area contributed by atoms with Crippen LogP contribution in [0, 0.1) is 6.92 Å². The number of imidazole rings is 2. The first-order valence-corrected chi connectivity index (χ1v) is 7.52. The van der Waals surface area contributed by atoms with Crippen LogP contribution in [0.2, 0.25) is 0 Å². The maximum atomic E-state index is 5.38. The molecule has 2 rings (SSSR count). The van der Waals surface area contributed by atoms with Crippen molar-refractivity contribution in [1.29, 1.82) is 0 Å². The van der Waals surface area contributed by atoms with Gasteiger partial charge in [0.1, 0.15) is 5.82 Å². The van der Waals surface area contributed by atoms with Gasteiger partial charge < -0.3 is 19.2 Å². The molecule has 2 aromatic heterocycles. The third-order valence-corrected chi connectivity index (χ3v) is 3.34. The van der Waals surface area contributed by atoms with Gasteiger partial charge >= 0.3 is 0 Å². The van der Waals surface area contributed by atoms with Crippen LogP contribution in [0.4, 0.5) is 5.95 Å². The molecule has 0 bridgehead atoms. The van der Waals surface area contributed by atoms with E-state index in [2.05, 4.69) is 26.0 Å². The normalized spacial score (nSPS) is 11.0. The Hall–Kier alpha value is -1.82. The smallest absolute Gasteiger partial charge is 0.203 e. The van der Waals surface area contributed by atoms with E-state index in [1.54, 1.807) is 0 Å². The fraction of sp³-hybridized carbons (Fsp3) is 0.600. The van der Waals surface area contributed by atoms with Crippen LogP contribution < -0.4 is 5.32 Å². The number of nitrogens with zero attached hydrogens (tertiary/aromatic N) is 4. The molecule has 0 aliphatic heterocycles. The fourth-order valence-corrected chi connectivity index (χ4v) is 2.26. The topological polar surface area (TPSA) is 56.9 Å². The molecule has 0 aliphatic carbocycles. The largest absolute Gasteiger partial charge is 0.382 e. The van der Waals surface area contributed by atoms with Crippen molar-refractivity contribution in [1.82, 2.24) is 19.1 Å². The molecule has 116 valence electrons. The molecule has 0 radical (unpaired) electrons. The summed E-state index contributed by atoms with van der Waals surface area (Å²) in [4.78, 5) is 8.86. The van der Waals surface area contributed by atoms with Crippen molar-refractivity contribution in [3.63, 3.8) is 0 Å². The summed E-state index contributed by atoms with van der Waals surface area (Å²) in [6.45, 7) is 7.35. The molecule has 0 spiro atoms. The molecule has 6 heteroatoms. The average Bonchev–Trinajstić information content (AvgIpc) is 3.02. The maximum absolute atomic E-state index is 5.38. The molecule has 0 aliphatic rings. The van der Waals surface area contributed by atoms with Gasteiger partial charge in [0.25, 0.3) is 0 Å². The molecule has 21 heavy (non-hydrogen) atoms. The summed E-state index contributed by atoms with van der Waals surface area (Å²) in [6.07, 6.45) is 7.75. The van der Waals surface area contributed by atoms with Gasteiger partial charge in [-0.05, 0) is 20.3 Å². The van der Waals surface area contributed by atoms with Gasteiger partial charge in [0, 0.05) is 58.4 Å². The predicted molar refractivity (Wildman–Crippen MR) is 83.5 cm³/mol. The van der Waals surface area contributed by atoms with Gasteiger partial charge in [-0.1, -0.05) is 0 Å². The lowest BCUT2D eigenvalue weighted by Gasteiger charge is -2.09. The number of aromatic nitrogens is 4. The quantitative estimate of drug-likeness (QED) is 0.718. The number of ether oxygens (including phenoxy) is 1. The lowest BCUT2D eigenvalue weighted by Crippen LogP contribution is -2.13. The van der Waals surface area contributed by atoms with Crippen LogP contribution in [-0.2, 0) is 24.8 Å². The molecule has 0 aromatic carbocycles. The van der Waals surface area contributed by atoms with E-state index in [1.165, 1.54) is 0 Å². The Kier molecular flexibility index (Phi) is 5.80. The van der Waals surface area contributed by atoms with E-state index in [4.69, 9.17) is 4.74 Å². The van der Waals surface area contributed by atoms with Crippen LogP contribution in [0.3, 0.4) is 0 Å². The first kappa shape index (κ1) is 15.6. The Morgan fingerprint density at radius 3 is 2.95 bits per heavy atom. The molecular weight excluding hydrogens is 266 g/mol. The standard InChI is InChI=1S/C15H25N5O/c1-4-21-11-5-9-20-12-13(2)18-15(20)17-7-6-14-16-8-10-19(14)3/h8,10,12H,4-7,9,11H2,1-3H3,(H,17,18). The van der Waals surface area contributed by atoms with E-state index in [0.29, 0.717) is 0 Å². The molecule has 0 saturated carbocycles. The third-order valence-electron chi connectivity index (χ3n) is 3.34. The first-order chi connectivity index (χ1) is 10.2. The third kappa shape index (κ3) is 4.60. The van der Waals surface area contributed by atoms with Gasteiger partial charge in [0.2, 0.25) is 5.95 Å². The van der Waals surface area contributed by atoms with Gasteiger partial charge in [0.05, 0.1) is 5.69 Å². The summed E-state index contributed by atoms with van der Waals surface area (Å²) in [5, 5.41) is 3.40. The van der Waals surface area contributed by atoms with E-state index in [0.717, 1.165) is 56.6 Å². The highest BCUT2D eigenvalue weighted by Crippen LogP contribution is 2.09. The number of anilines is 1. The number of nitrogens with one attached hydrogen (secondary N) is 1. The van der Waals surface area contributed by atoms with Crippen LogP contribution >= 0.6 is 0 Å². The van der Waals surface area contributed by atoms with E-state index in [-0.39, 0.29) is 0 Å². The summed E-state index contributed by atoms with van der Waals surface area (Å²) < 4.78 is 9.58. The molecule has 2 aromatic rings. The molecule has 0 unspecified atom stereocenters. The maximum Gasteiger partial charge on any atom is 0.203 e. The highest BCUT2D eigenvalue weighted by atomic mass is 16.5. The van der Waals surface area contributed by atoms with E-state index < -0.39 is 0 Å². The summed E-state index contributed by atoms with van der Waals surface area (Å²) in [6, 6.07) is 0. The van der Waals surface area contributed by atoms with E-state index in [1.807, 2.05) is 37.9 Å². The van der Waals surface area contributed by atoms with Crippen LogP contribution in [-0.4, -0.2) is 38.9 Å². The zero-order valence-corrected chi connectivity index (χ0v) is 13.2. The highest BCUT2D eigenvalue weighted by Gasteiger charge is 2.06. The second-order valence-corrected chi connectivity index (χ2v) is 5.08. The lowest BCUT2D eigenvalue weighted by atomic mass is 10.4. The molecular formula is C15H25N5O. The highest BCUT2D eigenvalue weighted by molar-refractivity contribution is 5.28. The van der Waals surface area contributed by atoms with E-state index >= 15 is 0 Å². The zero-order valence-electron chi connectivity index (χ0n) is 13.2. The molecule has 0 atom stereocenters. The predicted octanol–water partition coefficient (Wildman–Crippen LogP) is 2.01. The van der Waals surface area contributed by atoms with Gasteiger partial charge in [-0.25, -0.2) is 9.97 Å². The SMILES string of the molecule is CCOCCCn1cc(C)nc1NCCc1nccn1C. The summed E-state index contributed by atoms with van der Waals surface area (Å²) >= 11 is 0. The fourth-order valence-electron chi connectivity index (χ4n) is 2.26. The van der Waals surface area contributed by atoms with Crippen LogP contribution in [0.5, 0.6) is 0 Å². The van der Waals surface area contributed by atoms with Crippen LogP contribution in [0.15, 0.2) is 18.6 Å².